The Kier molecular flexibility index (Phi) is 5.49. The third kappa shape index (κ3) is 3.69. The average molecular weight is 288 g/mol. The smallest absolute Gasteiger partial charge is 0.166 e. The van der Waals surface area contributed by atoms with Gasteiger partial charge in [-0.05, 0) is 55.6 Å². The lowest BCUT2D eigenvalue weighted by Crippen LogP contribution is -2.06. The van der Waals surface area contributed by atoms with Gasteiger partial charge in [-0.25, -0.2) is 8.78 Å². The van der Waals surface area contributed by atoms with Crippen molar-refractivity contribution in [3.8, 4) is 0 Å². The molecule has 1 aliphatic rings. The predicted molar refractivity (Wildman–Crippen MR) is 85.0 cm³/mol. The van der Waals surface area contributed by atoms with Crippen LogP contribution in [0.4, 0.5) is 8.78 Å². The van der Waals surface area contributed by atoms with Gasteiger partial charge in [-0.1, -0.05) is 30.4 Å². The first kappa shape index (κ1) is 15.7. The van der Waals surface area contributed by atoms with Gasteiger partial charge in [-0.15, -0.1) is 13.2 Å². The van der Waals surface area contributed by atoms with Crippen molar-refractivity contribution < 1.29 is 8.78 Å². The fraction of sp³-hybridized carbons (Fsp3) is 0.368. The minimum atomic E-state index is -0.705. The van der Waals surface area contributed by atoms with E-state index < -0.39 is 11.6 Å². The Hall–Kier alpha value is -1.70. The zero-order chi connectivity index (χ0) is 15.2. The van der Waals surface area contributed by atoms with Gasteiger partial charge in [0.25, 0.3) is 0 Å². The molecule has 21 heavy (non-hydrogen) atoms. The molecule has 0 heterocycles. The van der Waals surface area contributed by atoms with E-state index in [0.717, 1.165) is 31.3 Å². The van der Waals surface area contributed by atoms with Gasteiger partial charge in [-0.3, -0.25) is 0 Å². The molecule has 0 saturated carbocycles. The molecule has 0 N–H and O–H groups in total. The van der Waals surface area contributed by atoms with E-state index in [9.17, 15) is 8.78 Å². The number of allylic oxidation sites excluding steroid dienone is 4. The molecule has 0 radical (unpaired) electrons. The third-order valence-electron chi connectivity index (χ3n) is 4.15. The number of rotatable bonds is 6. The minimum Gasteiger partial charge on any atom is -0.203 e. The Morgan fingerprint density at radius 1 is 1.14 bits per heavy atom. The molecular weight excluding hydrogens is 266 g/mol. The summed E-state index contributed by atoms with van der Waals surface area (Å²) in [5.74, 6) is -0.820. The third-order valence-corrected chi connectivity index (χ3v) is 4.15. The van der Waals surface area contributed by atoms with Crippen LogP contribution in [0.25, 0.3) is 5.57 Å². The van der Waals surface area contributed by atoms with Crippen LogP contribution >= 0.6 is 0 Å². The lowest BCUT2D eigenvalue weighted by Gasteiger charge is -2.21. The second-order valence-corrected chi connectivity index (χ2v) is 5.62. The molecule has 0 amide bonds. The van der Waals surface area contributed by atoms with Gasteiger partial charge >= 0.3 is 0 Å². The maximum Gasteiger partial charge on any atom is 0.166 e. The standard InChI is InChI=1S/C19H22F2/c1-3-5-7-16-12-13-17(19(21)18(16)20)15-10-8-14(6-4-2)9-11-15/h3-4,10,12-14H,1-2,5-9,11H2. The lowest BCUT2D eigenvalue weighted by molar-refractivity contribution is 0.482. The summed E-state index contributed by atoms with van der Waals surface area (Å²) in [6.07, 6.45) is 10.6. The molecule has 2 heteroatoms. The zero-order valence-electron chi connectivity index (χ0n) is 12.4. The largest absolute Gasteiger partial charge is 0.203 e. The highest BCUT2D eigenvalue weighted by Gasteiger charge is 2.19. The summed E-state index contributed by atoms with van der Waals surface area (Å²) in [5, 5.41) is 0. The fourth-order valence-electron chi connectivity index (χ4n) is 2.87. The Morgan fingerprint density at radius 2 is 1.95 bits per heavy atom. The number of benzene rings is 1. The average Bonchev–Trinajstić information content (AvgIpc) is 2.50. The van der Waals surface area contributed by atoms with Gasteiger partial charge in [0.1, 0.15) is 0 Å². The number of hydrogen-bond donors (Lipinski definition) is 0. The van der Waals surface area contributed by atoms with Gasteiger partial charge in [0.15, 0.2) is 11.6 Å². The maximum absolute atomic E-state index is 14.3. The molecule has 0 aromatic heterocycles. The van der Waals surface area contributed by atoms with Gasteiger partial charge in [0.05, 0.1) is 0 Å². The molecule has 0 saturated heterocycles. The Morgan fingerprint density at radius 3 is 2.57 bits per heavy atom. The van der Waals surface area contributed by atoms with Crippen LogP contribution in [-0.2, 0) is 6.42 Å². The fourth-order valence-corrected chi connectivity index (χ4v) is 2.87. The molecule has 1 atom stereocenters. The molecule has 1 aromatic carbocycles. The molecule has 2 rings (SSSR count). The summed E-state index contributed by atoms with van der Waals surface area (Å²) in [4.78, 5) is 0. The van der Waals surface area contributed by atoms with E-state index in [4.69, 9.17) is 0 Å². The van der Waals surface area contributed by atoms with Crippen LogP contribution in [0, 0.1) is 17.6 Å². The maximum atomic E-state index is 14.3. The molecule has 0 nitrogen and oxygen atoms in total. The van der Waals surface area contributed by atoms with Crippen molar-refractivity contribution in [2.24, 2.45) is 5.92 Å². The summed E-state index contributed by atoms with van der Waals surface area (Å²) in [5.41, 5.74) is 1.78. The number of hydrogen-bond acceptors (Lipinski definition) is 0. The molecule has 0 spiro atoms. The molecule has 1 aliphatic carbocycles. The van der Waals surface area contributed by atoms with Crippen LogP contribution < -0.4 is 0 Å². The highest BCUT2D eigenvalue weighted by Crippen LogP contribution is 2.34. The number of halogens is 2. The summed E-state index contributed by atoms with van der Waals surface area (Å²) in [6, 6.07) is 3.42. The Labute approximate surface area is 125 Å². The first-order chi connectivity index (χ1) is 10.2. The van der Waals surface area contributed by atoms with Crippen molar-refractivity contribution in [1.29, 1.82) is 0 Å². The highest BCUT2D eigenvalue weighted by molar-refractivity contribution is 5.67. The van der Waals surface area contributed by atoms with Gasteiger partial charge in [-0.2, -0.15) is 0 Å². The van der Waals surface area contributed by atoms with Crippen LogP contribution in [0.5, 0.6) is 0 Å². The molecule has 1 aromatic rings. The van der Waals surface area contributed by atoms with Crippen molar-refractivity contribution in [2.75, 3.05) is 0 Å². The van der Waals surface area contributed by atoms with Crippen molar-refractivity contribution in [3.63, 3.8) is 0 Å². The van der Waals surface area contributed by atoms with E-state index in [1.165, 1.54) is 0 Å². The van der Waals surface area contributed by atoms with Gasteiger partial charge in [0, 0.05) is 5.56 Å². The van der Waals surface area contributed by atoms with Crippen LogP contribution in [0.3, 0.4) is 0 Å². The van der Waals surface area contributed by atoms with E-state index in [1.807, 2.05) is 6.08 Å². The summed E-state index contributed by atoms with van der Waals surface area (Å²) >= 11 is 0. The first-order valence-corrected chi connectivity index (χ1v) is 7.55. The van der Waals surface area contributed by atoms with E-state index in [2.05, 4.69) is 19.2 Å². The van der Waals surface area contributed by atoms with Crippen molar-refractivity contribution in [2.45, 2.75) is 38.5 Å². The molecule has 1 unspecified atom stereocenters. The quantitative estimate of drug-likeness (QED) is 0.577. The normalized spacial score (nSPS) is 18.2. The SMILES string of the molecule is C=CCCc1ccc(C2=CCC(CC=C)CC2)c(F)c1F. The van der Waals surface area contributed by atoms with Gasteiger partial charge < -0.3 is 0 Å². The van der Waals surface area contributed by atoms with Crippen molar-refractivity contribution >= 4 is 5.57 Å². The van der Waals surface area contributed by atoms with Crippen molar-refractivity contribution in [3.05, 3.63) is 66.3 Å². The molecule has 0 bridgehead atoms. The van der Waals surface area contributed by atoms with E-state index in [1.54, 1.807) is 18.2 Å². The van der Waals surface area contributed by atoms with Crippen LogP contribution in [0.1, 0.15) is 43.2 Å². The van der Waals surface area contributed by atoms with Crippen LogP contribution in [0.15, 0.2) is 43.5 Å². The molecule has 0 aliphatic heterocycles. The Bertz CT molecular complexity index is 555. The minimum absolute atomic E-state index is 0.423. The van der Waals surface area contributed by atoms with Crippen LogP contribution in [-0.4, -0.2) is 0 Å². The predicted octanol–water partition coefficient (Wildman–Crippen LogP) is 5.84. The van der Waals surface area contributed by atoms with E-state index in [0.29, 0.717) is 29.9 Å². The van der Waals surface area contributed by atoms with Gasteiger partial charge in [0.2, 0.25) is 0 Å². The monoisotopic (exact) mass is 288 g/mol. The molecule has 112 valence electrons. The topological polar surface area (TPSA) is 0 Å². The second-order valence-electron chi connectivity index (χ2n) is 5.62. The molecule has 0 fully saturated rings. The van der Waals surface area contributed by atoms with Crippen LogP contribution in [0.2, 0.25) is 0 Å². The highest BCUT2D eigenvalue weighted by atomic mass is 19.2. The number of aryl methyl sites for hydroxylation is 1. The summed E-state index contributed by atoms with van der Waals surface area (Å²) < 4.78 is 28.3. The van der Waals surface area contributed by atoms with E-state index in [-0.39, 0.29) is 0 Å². The van der Waals surface area contributed by atoms with Crippen molar-refractivity contribution in [1.82, 2.24) is 0 Å². The molecular formula is C19H22F2. The first-order valence-electron chi connectivity index (χ1n) is 7.55. The zero-order valence-corrected chi connectivity index (χ0v) is 12.4. The summed E-state index contributed by atoms with van der Waals surface area (Å²) in [6.45, 7) is 7.36. The lowest BCUT2D eigenvalue weighted by atomic mass is 9.84. The summed E-state index contributed by atoms with van der Waals surface area (Å²) in [7, 11) is 0. The Balaban J connectivity index is 2.19. The van der Waals surface area contributed by atoms with E-state index >= 15 is 0 Å². The second kappa shape index (κ2) is 7.35.